The highest BCUT2D eigenvalue weighted by atomic mass is 16.5. The first-order valence-corrected chi connectivity index (χ1v) is 18.4. The number of hydrogen-bond donors (Lipinski definition) is 7. The van der Waals surface area contributed by atoms with Crippen LogP contribution in [0.4, 0.5) is 0 Å². The van der Waals surface area contributed by atoms with Gasteiger partial charge < -0.3 is 45.5 Å². The number of carbonyl (C=O) groups is 2. The van der Waals surface area contributed by atoms with Crippen LogP contribution in [0, 0.1) is 58.2 Å². The van der Waals surface area contributed by atoms with E-state index in [1.165, 1.54) is 0 Å². The molecule has 10 rings (SSSR count). The predicted molar refractivity (Wildman–Crippen MR) is 179 cm³/mol. The summed E-state index contributed by atoms with van der Waals surface area (Å²) < 4.78 is 6.12. The van der Waals surface area contributed by atoms with E-state index in [4.69, 9.17) is 4.74 Å². The van der Waals surface area contributed by atoms with E-state index in [2.05, 4.69) is 17.2 Å². The van der Waals surface area contributed by atoms with Crippen LogP contribution in [0.1, 0.15) is 68.1 Å². The molecule has 9 aliphatic rings. The maximum Gasteiger partial charge on any atom is 0.331 e. The third-order valence-electron chi connectivity index (χ3n) is 15.3. The number of aldehydes is 1. The molecular formula is C40H47NO9. The Morgan fingerprint density at radius 3 is 2.66 bits per heavy atom. The zero-order valence-electron chi connectivity index (χ0n) is 28.3. The van der Waals surface area contributed by atoms with Gasteiger partial charge in [-0.1, -0.05) is 36.1 Å². The molecule has 266 valence electrons. The first-order valence-electron chi connectivity index (χ1n) is 18.4. The minimum absolute atomic E-state index is 0.0998. The maximum absolute atomic E-state index is 13.6. The van der Waals surface area contributed by atoms with Crippen molar-refractivity contribution in [2.45, 2.75) is 106 Å². The molecule has 1 heterocycles. The normalized spacial score (nSPS) is 50.9. The third-order valence-corrected chi connectivity index (χ3v) is 15.3. The number of aliphatic hydroxyl groups excluding tert-OH is 3. The average Bonchev–Trinajstić information content (AvgIpc) is 3.59. The smallest absolute Gasteiger partial charge is 0.331 e. The van der Waals surface area contributed by atoms with Crippen LogP contribution in [-0.2, 0) is 27.4 Å². The van der Waals surface area contributed by atoms with Crippen molar-refractivity contribution in [3.63, 3.8) is 0 Å². The van der Waals surface area contributed by atoms with Crippen LogP contribution in [0.2, 0.25) is 0 Å². The maximum atomic E-state index is 13.6. The molecule has 15 atom stereocenters. The van der Waals surface area contributed by atoms with E-state index in [0.717, 1.165) is 28.5 Å². The Morgan fingerprint density at radius 1 is 1.08 bits per heavy atom. The van der Waals surface area contributed by atoms with E-state index in [9.17, 15) is 40.2 Å². The van der Waals surface area contributed by atoms with Crippen molar-refractivity contribution in [2.75, 3.05) is 7.05 Å². The van der Waals surface area contributed by atoms with Crippen LogP contribution in [0.25, 0.3) is 0 Å². The molecule has 10 nitrogen and oxygen atoms in total. The van der Waals surface area contributed by atoms with E-state index < -0.39 is 69.7 Å². The van der Waals surface area contributed by atoms with Crippen LogP contribution in [-0.4, -0.2) is 91.1 Å². The highest BCUT2D eigenvalue weighted by molar-refractivity contribution is 5.86. The lowest BCUT2D eigenvalue weighted by atomic mass is 9.33. The molecular weight excluding hydrogens is 638 g/mol. The van der Waals surface area contributed by atoms with Crippen LogP contribution >= 0.6 is 0 Å². The molecule has 8 aliphatic carbocycles. The number of ether oxygens (including phenoxy) is 1. The number of rotatable bonds is 3. The van der Waals surface area contributed by atoms with Gasteiger partial charge in [-0.15, -0.1) is 0 Å². The number of likely N-dealkylation sites (N-methyl/N-ethyl adjacent to an activating group) is 1. The van der Waals surface area contributed by atoms with Crippen LogP contribution in [0.15, 0.2) is 42.0 Å². The average molecular weight is 686 g/mol. The van der Waals surface area contributed by atoms with Crippen molar-refractivity contribution in [1.82, 2.24) is 5.32 Å². The van der Waals surface area contributed by atoms with Crippen molar-refractivity contribution in [1.29, 1.82) is 0 Å². The summed E-state index contributed by atoms with van der Waals surface area (Å²) in [5, 5.41) is 76.1. The van der Waals surface area contributed by atoms with Gasteiger partial charge in [0.05, 0.1) is 29.8 Å². The Labute approximate surface area is 291 Å². The molecule has 0 amide bonds. The second-order valence-corrected chi connectivity index (χ2v) is 16.9. The van der Waals surface area contributed by atoms with Gasteiger partial charge in [-0.25, -0.2) is 4.79 Å². The number of hydrogen-bond acceptors (Lipinski definition) is 10. The quantitative estimate of drug-likeness (QED) is 0.106. The SMILES string of the molecule is CN[C@H]1Cc2c(cccc2CO)C#CCC[C@]23C[C@H]4C=C[C@H]5C[C@H](O)C[C@@]6(O)C[C@H](O)[C@](O)([C@H]4[C@@]56C=O)[C@@]2(O)C[C@@H]2C[C@@H]1[C@@H]1OC(=O)C=C1[C@@H]23. The second-order valence-electron chi connectivity index (χ2n) is 16.9. The van der Waals surface area contributed by atoms with E-state index in [-0.39, 0.29) is 56.1 Å². The molecule has 1 aromatic rings. The zero-order chi connectivity index (χ0) is 35.0. The summed E-state index contributed by atoms with van der Waals surface area (Å²) in [5.74, 6) is 3.47. The molecule has 1 spiro atoms. The number of carbonyl (C=O) groups excluding carboxylic acids is 2. The summed E-state index contributed by atoms with van der Waals surface area (Å²) in [5.41, 5.74) is -5.08. The Balaban J connectivity index is 1.27. The van der Waals surface area contributed by atoms with E-state index in [0.29, 0.717) is 32.1 Å². The fraction of sp³-hybridized carbons (Fsp3) is 0.650. The highest BCUT2D eigenvalue weighted by Gasteiger charge is 2.85. The Hall–Kier alpha value is -2.88. The van der Waals surface area contributed by atoms with Crippen molar-refractivity contribution in [3.05, 3.63) is 58.7 Å². The van der Waals surface area contributed by atoms with Gasteiger partial charge >= 0.3 is 5.97 Å². The summed E-state index contributed by atoms with van der Waals surface area (Å²) in [4.78, 5) is 26.8. The molecule has 0 saturated heterocycles. The van der Waals surface area contributed by atoms with Gasteiger partial charge in [0.25, 0.3) is 0 Å². The first-order chi connectivity index (χ1) is 23.9. The number of benzene rings is 1. The molecule has 7 N–H and O–H groups in total. The summed E-state index contributed by atoms with van der Waals surface area (Å²) >= 11 is 0. The van der Waals surface area contributed by atoms with Gasteiger partial charge in [0.15, 0.2) is 0 Å². The fourth-order valence-electron chi connectivity index (χ4n) is 13.7. The first kappa shape index (κ1) is 33.0. The number of nitrogens with one attached hydrogen (secondary N) is 1. The highest BCUT2D eigenvalue weighted by Crippen LogP contribution is 2.78. The predicted octanol–water partition coefficient (Wildman–Crippen LogP) is 1.07. The summed E-state index contributed by atoms with van der Waals surface area (Å²) in [6.45, 7) is -0.134. The largest absolute Gasteiger partial charge is 0.454 e. The van der Waals surface area contributed by atoms with Gasteiger partial charge in [0.2, 0.25) is 0 Å². The van der Waals surface area contributed by atoms with Gasteiger partial charge in [-0.05, 0) is 92.0 Å². The molecule has 50 heavy (non-hydrogen) atoms. The van der Waals surface area contributed by atoms with Crippen molar-refractivity contribution in [2.24, 2.45) is 46.3 Å². The van der Waals surface area contributed by atoms with Crippen LogP contribution < -0.4 is 5.32 Å². The lowest BCUT2D eigenvalue weighted by molar-refractivity contribution is -0.364. The Bertz CT molecular complexity index is 1780. The van der Waals surface area contributed by atoms with Gasteiger partial charge in [-0.2, -0.15) is 0 Å². The molecule has 0 unspecified atom stereocenters. The minimum atomic E-state index is -2.18. The zero-order valence-corrected chi connectivity index (χ0v) is 28.3. The monoisotopic (exact) mass is 685 g/mol. The van der Waals surface area contributed by atoms with Crippen molar-refractivity contribution < 1.29 is 45.0 Å². The summed E-state index contributed by atoms with van der Waals surface area (Å²) in [7, 11) is 1.88. The lowest BCUT2D eigenvalue weighted by Gasteiger charge is -2.73. The number of allylic oxidation sites excluding steroid dienone is 2. The van der Waals surface area contributed by atoms with Crippen molar-refractivity contribution in [3.8, 4) is 11.8 Å². The Kier molecular flexibility index (Phi) is 7.14. The van der Waals surface area contributed by atoms with Crippen LogP contribution in [0.3, 0.4) is 0 Å². The van der Waals surface area contributed by atoms with Crippen LogP contribution in [0.5, 0.6) is 0 Å². The number of esters is 1. The third kappa shape index (κ3) is 3.80. The lowest BCUT2D eigenvalue weighted by Crippen LogP contribution is -2.84. The summed E-state index contributed by atoms with van der Waals surface area (Å²) in [6, 6.07) is 5.55. The van der Waals surface area contributed by atoms with E-state index in [1.54, 1.807) is 6.08 Å². The molecule has 0 aromatic heterocycles. The second kappa shape index (κ2) is 10.8. The van der Waals surface area contributed by atoms with Crippen molar-refractivity contribution >= 4 is 12.3 Å². The van der Waals surface area contributed by atoms with Gasteiger partial charge in [0.1, 0.15) is 23.6 Å². The molecule has 10 heteroatoms. The standard InChI is InChI=1S/C40H47NO9/c1-41-30-13-27-21(6-4-7-23(27)19-42)5-2-3-10-36-15-22-8-9-25-12-26(44)17-37(47)18-31(45)40(49,35(22)38(25,37)20-43)39(36,48)16-24-11-28(30)34-29(33(24)36)14-32(46)50-34/h4,6-9,14,20,22,24-26,28,30-31,33-35,41-42,44-45,47-49H,3,10-13,15-19H2,1H3/t22-,24+,25+,26+,28+,30+,31+,33-,34+,35-,36-,37-,38-,39-,40+/m1/s1. The minimum Gasteiger partial charge on any atom is -0.454 e. The molecule has 0 radical (unpaired) electrons. The molecule has 4 bridgehead atoms. The summed E-state index contributed by atoms with van der Waals surface area (Å²) in [6.07, 6.45) is 5.27. The van der Waals surface area contributed by atoms with Gasteiger partial charge in [0, 0.05) is 54.2 Å². The molecule has 1 aliphatic heterocycles. The number of aliphatic hydroxyl groups is 6. The van der Waals surface area contributed by atoms with E-state index in [1.807, 2.05) is 37.4 Å². The number of fused-ring (bicyclic) bond motifs is 4. The van der Waals surface area contributed by atoms with E-state index >= 15 is 0 Å². The topological polar surface area (TPSA) is 177 Å². The molecule has 5 fully saturated rings. The molecule has 5 saturated carbocycles. The molecule has 1 aromatic carbocycles. The van der Waals surface area contributed by atoms with Gasteiger partial charge in [-0.3, -0.25) is 0 Å². The Morgan fingerprint density at radius 2 is 1.90 bits per heavy atom. The fourth-order valence-corrected chi connectivity index (χ4v) is 13.7.